The maximum atomic E-state index is 12.8. The van der Waals surface area contributed by atoms with E-state index in [1.54, 1.807) is 6.92 Å². The van der Waals surface area contributed by atoms with Gasteiger partial charge in [0.1, 0.15) is 11.6 Å². The molecule has 4 amide bonds. The molecule has 0 aromatic heterocycles. The molecule has 2 fully saturated rings. The number of aryl methyl sites for hydroxylation is 1. The Labute approximate surface area is 168 Å². The van der Waals surface area contributed by atoms with E-state index in [-0.39, 0.29) is 17.9 Å². The number of benzene rings is 1. The molecule has 146 valence electrons. The lowest BCUT2D eigenvalue weighted by Gasteiger charge is -2.25. The Morgan fingerprint density at radius 2 is 1.85 bits per heavy atom. The lowest BCUT2D eigenvalue weighted by atomic mass is 9.97. The van der Waals surface area contributed by atoms with Crippen molar-refractivity contribution < 1.29 is 14.4 Å². The number of carbonyl (C=O) groups is 3. The molecule has 3 rings (SSSR count). The van der Waals surface area contributed by atoms with Gasteiger partial charge in [0.25, 0.3) is 5.91 Å². The predicted molar refractivity (Wildman–Crippen MR) is 106 cm³/mol. The number of imide groups is 1. The highest BCUT2D eigenvalue weighted by Gasteiger charge is 2.54. The second kappa shape index (κ2) is 8.00. The summed E-state index contributed by atoms with van der Waals surface area (Å²) in [6.45, 7) is 3.55. The van der Waals surface area contributed by atoms with E-state index in [1.807, 2.05) is 19.1 Å². The molecule has 27 heavy (non-hydrogen) atoms. The highest BCUT2D eigenvalue weighted by molar-refractivity contribution is 9.10. The van der Waals surface area contributed by atoms with Gasteiger partial charge in [0.2, 0.25) is 5.91 Å². The first-order chi connectivity index (χ1) is 12.8. The summed E-state index contributed by atoms with van der Waals surface area (Å²) < 4.78 is 1.04. The van der Waals surface area contributed by atoms with E-state index in [0.29, 0.717) is 12.8 Å². The first-order valence-electron chi connectivity index (χ1n) is 9.53. The zero-order valence-electron chi connectivity index (χ0n) is 15.8. The Morgan fingerprint density at radius 1 is 1.22 bits per heavy atom. The van der Waals surface area contributed by atoms with Crippen LogP contribution >= 0.6 is 15.9 Å². The molecule has 2 aliphatic rings. The van der Waals surface area contributed by atoms with Crippen LogP contribution in [0.1, 0.15) is 51.5 Å². The van der Waals surface area contributed by atoms with E-state index < -0.39 is 17.6 Å². The normalized spacial score (nSPS) is 20.6. The van der Waals surface area contributed by atoms with Gasteiger partial charge in [-0.15, -0.1) is 0 Å². The summed E-state index contributed by atoms with van der Waals surface area (Å²) in [6.07, 6.45) is 4.79. The smallest absolute Gasteiger partial charge is 0.325 e. The van der Waals surface area contributed by atoms with Gasteiger partial charge in [0.05, 0.1) is 0 Å². The molecule has 0 radical (unpaired) electrons. The molecule has 1 aliphatic heterocycles. The Balaban J connectivity index is 1.54. The summed E-state index contributed by atoms with van der Waals surface area (Å²) in [7, 11) is 0. The van der Waals surface area contributed by atoms with Gasteiger partial charge in [-0.25, -0.2) is 9.69 Å². The van der Waals surface area contributed by atoms with Gasteiger partial charge >= 0.3 is 6.03 Å². The van der Waals surface area contributed by atoms with Crippen LogP contribution in [0.3, 0.4) is 0 Å². The van der Waals surface area contributed by atoms with Gasteiger partial charge in [-0.3, -0.25) is 9.59 Å². The van der Waals surface area contributed by atoms with Crippen LogP contribution in [0.4, 0.5) is 4.79 Å². The van der Waals surface area contributed by atoms with Crippen molar-refractivity contribution in [1.82, 2.24) is 15.5 Å². The first kappa shape index (κ1) is 19.9. The Hall–Kier alpha value is -1.89. The van der Waals surface area contributed by atoms with Crippen molar-refractivity contribution in [1.29, 1.82) is 0 Å². The fourth-order valence-corrected chi connectivity index (χ4v) is 4.16. The largest absolute Gasteiger partial charge is 0.352 e. The minimum Gasteiger partial charge on any atom is -0.352 e. The van der Waals surface area contributed by atoms with E-state index in [1.165, 1.54) is 5.56 Å². The molecule has 1 aromatic rings. The number of hydrogen-bond acceptors (Lipinski definition) is 3. The van der Waals surface area contributed by atoms with Gasteiger partial charge in [-0.1, -0.05) is 40.9 Å². The van der Waals surface area contributed by atoms with Gasteiger partial charge in [0.15, 0.2) is 0 Å². The monoisotopic (exact) mass is 435 g/mol. The standard InChI is InChI=1S/C20H26BrN3O3/c1-13(5-6-15-7-9-16(21)10-8-15)22-17(25)14(2)24-18(26)20(23-19(24)27)11-3-4-12-20/h7-10,13-14H,3-6,11-12H2,1-2H3,(H,22,25)(H,23,27). The van der Waals surface area contributed by atoms with Gasteiger partial charge in [-0.05, 0) is 57.2 Å². The Bertz CT molecular complexity index is 728. The van der Waals surface area contributed by atoms with E-state index in [2.05, 4.69) is 38.7 Å². The number of nitrogens with zero attached hydrogens (tertiary/aromatic N) is 1. The summed E-state index contributed by atoms with van der Waals surface area (Å²) >= 11 is 3.42. The van der Waals surface area contributed by atoms with Crippen LogP contribution in [0.2, 0.25) is 0 Å². The van der Waals surface area contributed by atoms with Crippen LogP contribution in [0.5, 0.6) is 0 Å². The molecule has 0 bridgehead atoms. The van der Waals surface area contributed by atoms with Crippen molar-refractivity contribution in [2.75, 3.05) is 0 Å². The van der Waals surface area contributed by atoms with Crippen LogP contribution in [0.25, 0.3) is 0 Å². The molecule has 2 atom stereocenters. The van der Waals surface area contributed by atoms with Crippen molar-refractivity contribution in [3.63, 3.8) is 0 Å². The molecule has 2 N–H and O–H groups in total. The summed E-state index contributed by atoms with van der Waals surface area (Å²) in [5.74, 6) is -0.549. The summed E-state index contributed by atoms with van der Waals surface area (Å²) in [5.41, 5.74) is 0.420. The van der Waals surface area contributed by atoms with Crippen LogP contribution in [-0.2, 0) is 16.0 Å². The number of urea groups is 1. The third-order valence-corrected chi connectivity index (χ3v) is 6.11. The average molecular weight is 436 g/mol. The number of carbonyl (C=O) groups excluding carboxylic acids is 3. The van der Waals surface area contributed by atoms with Gasteiger partial charge in [0, 0.05) is 10.5 Å². The molecule has 1 aliphatic carbocycles. The lowest BCUT2D eigenvalue weighted by molar-refractivity contribution is -0.138. The molecular weight excluding hydrogens is 410 g/mol. The van der Waals surface area contributed by atoms with E-state index in [4.69, 9.17) is 0 Å². The topological polar surface area (TPSA) is 78.5 Å². The van der Waals surface area contributed by atoms with Crippen LogP contribution in [-0.4, -0.2) is 40.4 Å². The lowest BCUT2D eigenvalue weighted by Crippen LogP contribution is -2.51. The maximum absolute atomic E-state index is 12.8. The van der Waals surface area contributed by atoms with Crippen molar-refractivity contribution in [3.05, 3.63) is 34.3 Å². The average Bonchev–Trinajstić information content (AvgIpc) is 3.19. The summed E-state index contributed by atoms with van der Waals surface area (Å²) in [5, 5.41) is 5.76. The SMILES string of the molecule is CC(CCc1ccc(Br)cc1)NC(=O)C(C)N1C(=O)NC2(CCCC2)C1=O. The fraction of sp³-hybridized carbons (Fsp3) is 0.550. The number of nitrogens with one attached hydrogen (secondary N) is 2. The van der Waals surface area contributed by atoms with Gasteiger partial charge < -0.3 is 10.6 Å². The fourth-order valence-electron chi connectivity index (χ4n) is 3.90. The van der Waals surface area contributed by atoms with E-state index in [9.17, 15) is 14.4 Å². The van der Waals surface area contributed by atoms with E-state index >= 15 is 0 Å². The van der Waals surface area contributed by atoms with Crippen molar-refractivity contribution in [2.45, 2.75) is 70.0 Å². The first-order valence-corrected chi connectivity index (χ1v) is 10.3. The van der Waals surface area contributed by atoms with Crippen molar-refractivity contribution >= 4 is 33.8 Å². The highest BCUT2D eigenvalue weighted by Crippen LogP contribution is 2.35. The van der Waals surface area contributed by atoms with Crippen molar-refractivity contribution in [3.8, 4) is 0 Å². The number of hydrogen-bond donors (Lipinski definition) is 2. The molecule has 1 spiro atoms. The summed E-state index contributed by atoms with van der Waals surface area (Å²) in [4.78, 5) is 38.8. The quantitative estimate of drug-likeness (QED) is 0.673. The van der Waals surface area contributed by atoms with Crippen LogP contribution < -0.4 is 10.6 Å². The van der Waals surface area contributed by atoms with E-state index in [0.717, 1.165) is 35.1 Å². The predicted octanol–water partition coefficient (Wildman–Crippen LogP) is 3.14. The maximum Gasteiger partial charge on any atom is 0.325 e. The third-order valence-electron chi connectivity index (χ3n) is 5.58. The molecule has 2 unspecified atom stereocenters. The molecule has 7 heteroatoms. The summed E-state index contributed by atoms with van der Waals surface area (Å²) in [6, 6.07) is 6.78. The second-order valence-corrected chi connectivity index (χ2v) is 8.56. The Morgan fingerprint density at radius 3 is 2.48 bits per heavy atom. The molecule has 1 saturated carbocycles. The molecule has 1 heterocycles. The number of halogens is 1. The molecule has 1 saturated heterocycles. The minimum absolute atomic E-state index is 0.0511. The number of rotatable bonds is 6. The van der Waals surface area contributed by atoms with Crippen LogP contribution in [0, 0.1) is 0 Å². The third kappa shape index (κ3) is 4.18. The number of amides is 4. The molecule has 1 aromatic carbocycles. The zero-order valence-corrected chi connectivity index (χ0v) is 17.3. The van der Waals surface area contributed by atoms with Crippen molar-refractivity contribution in [2.24, 2.45) is 0 Å². The Kier molecular flexibility index (Phi) is 5.89. The minimum atomic E-state index is -0.812. The van der Waals surface area contributed by atoms with Crippen LogP contribution in [0.15, 0.2) is 28.7 Å². The zero-order chi connectivity index (χ0) is 19.6. The van der Waals surface area contributed by atoms with Gasteiger partial charge in [-0.2, -0.15) is 0 Å². The second-order valence-electron chi connectivity index (χ2n) is 7.65. The molecular formula is C20H26BrN3O3. The highest BCUT2D eigenvalue weighted by atomic mass is 79.9. The molecule has 6 nitrogen and oxygen atoms in total.